The third-order valence-corrected chi connectivity index (χ3v) is 1.69. The van der Waals surface area contributed by atoms with Crippen LogP contribution in [0.5, 0.6) is 5.75 Å². The molecule has 1 atom stereocenters. The maximum Gasteiger partial charge on any atom is 0.273 e. The molecule has 15 heavy (non-hydrogen) atoms. The van der Waals surface area contributed by atoms with Gasteiger partial charge in [0.1, 0.15) is 0 Å². The fraction of sp³-hybridized carbons (Fsp3) is 0.200. The first kappa shape index (κ1) is 11.0. The monoisotopic (exact) mass is 208 g/mol. The van der Waals surface area contributed by atoms with Gasteiger partial charge >= 0.3 is 0 Å². The van der Waals surface area contributed by atoms with Crippen molar-refractivity contribution in [3.8, 4) is 11.9 Å². The van der Waals surface area contributed by atoms with Gasteiger partial charge in [-0.15, -0.1) is 0 Å². The molecule has 1 rings (SSSR count). The number of rotatable bonds is 3. The summed E-state index contributed by atoms with van der Waals surface area (Å²) < 4.78 is 18.1. The SMILES string of the molecule is CC(Oc1ccccc1F)C(=O)NC#N. The zero-order valence-electron chi connectivity index (χ0n) is 8.03. The molecule has 0 saturated carbocycles. The number of benzene rings is 1. The fourth-order valence-corrected chi connectivity index (χ4v) is 0.941. The van der Waals surface area contributed by atoms with E-state index >= 15 is 0 Å². The zero-order chi connectivity index (χ0) is 11.3. The van der Waals surface area contributed by atoms with E-state index in [-0.39, 0.29) is 5.75 Å². The lowest BCUT2D eigenvalue weighted by Crippen LogP contribution is -2.33. The van der Waals surface area contributed by atoms with E-state index in [4.69, 9.17) is 10.00 Å². The Morgan fingerprint density at radius 2 is 2.27 bits per heavy atom. The lowest BCUT2D eigenvalue weighted by molar-refractivity contribution is -0.126. The summed E-state index contributed by atoms with van der Waals surface area (Å²) in [6, 6.07) is 5.74. The molecule has 0 radical (unpaired) electrons. The molecule has 5 heteroatoms. The topological polar surface area (TPSA) is 62.1 Å². The van der Waals surface area contributed by atoms with Crippen LogP contribution in [0, 0.1) is 17.3 Å². The van der Waals surface area contributed by atoms with E-state index in [9.17, 15) is 9.18 Å². The van der Waals surface area contributed by atoms with Crippen molar-refractivity contribution in [1.29, 1.82) is 5.26 Å². The lowest BCUT2D eigenvalue weighted by atomic mass is 10.3. The minimum atomic E-state index is -0.915. The molecule has 1 aromatic rings. The van der Waals surface area contributed by atoms with Gasteiger partial charge in [0, 0.05) is 0 Å². The number of hydrogen-bond donors (Lipinski definition) is 1. The Kier molecular flexibility index (Phi) is 3.63. The normalized spacial score (nSPS) is 11.3. The summed E-state index contributed by atoms with van der Waals surface area (Å²) in [6.45, 7) is 1.43. The van der Waals surface area contributed by atoms with E-state index in [1.54, 1.807) is 6.07 Å². The standard InChI is InChI=1S/C10H9FN2O2/c1-7(10(14)13-6-12)15-9-5-3-2-4-8(9)11/h2-5,7H,1H3,(H,13,14). The highest BCUT2D eigenvalue weighted by Crippen LogP contribution is 2.16. The molecule has 0 saturated heterocycles. The van der Waals surface area contributed by atoms with Gasteiger partial charge in [-0.25, -0.2) is 4.39 Å². The molecule has 1 amide bonds. The summed E-state index contributed by atoms with van der Waals surface area (Å²) in [4.78, 5) is 11.1. The van der Waals surface area contributed by atoms with Crippen molar-refractivity contribution >= 4 is 5.91 Å². The van der Waals surface area contributed by atoms with Crippen molar-refractivity contribution in [3.05, 3.63) is 30.1 Å². The van der Waals surface area contributed by atoms with Crippen LogP contribution in [0.25, 0.3) is 0 Å². The number of nitriles is 1. The summed E-state index contributed by atoms with van der Waals surface area (Å²) in [5, 5.41) is 10.1. The maximum absolute atomic E-state index is 13.1. The van der Waals surface area contributed by atoms with Crippen molar-refractivity contribution in [1.82, 2.24) is 5.32 Å². The highest BCUT2D eigenvalue weighted by Gasteiger charge is 2.15. The molecule has 78 valence electrons. The van der Waals surface area contributed by atoms with E-state index in [1.165, 1.54) is 31.3 Å². The van der Waals surface area contributed by atoms with Crippen molar-refractivity contribution in [2.24, 2.45) is 0 Å². The minimum Gasteiger partial charge on any atom is -0.478 e. The van der Waals surface area contributed by atoms with Crippen molar-refractivity contribution in [2.45, 2.75) is 13.0 Å². The van der Waals surface area contributed by atoms with Crippen LogP contribution < -0.4 is 10.1 Å². The quantitative estimate of drug-likeness (QED) is 0.599. The Balaban J connectivity index is 2.67. The molecule has 0 aliphatic heterocycles. The van der Waals surface area contributed by atoms with Crippen LogP contribution in [0.3, 0.4) is 0 Å². The molecule has 0 heterocycles. The van der Waals surface area contributed by atoms with Crippen LogP contribution in [0.1, 0.15) is 6.92 Å². The number of nitrogens with zero attached hydrogens (tertiary/aromatic N) is 1. The number of halogens is 1. The molecule has 0 aliphatic carbocycles. The minimum absolute atomic E-state index is 0.0157. The summed E-state index contributed by atoms with van der Waals surface area (Å²) in [5.41, 5.74) is 0. The van der Waals surface area contributed by atoms with E-state index in [1.807, 2.05) is 5.32 Å². The van der Waals surface area contributed by atoms with Gasteiger partial charge in [0.05, 0.1) is 0 Å². The molecule has 1 unspecified atom stereocenters. The number of nitrogens with one attached hydrogen (secondary N) is 1. The smallest absolute Gasteiger partial charge is 0.273 e. The van der Waals surface area contributed by atoms with Gasteiger partial charge in [0.25, 0.3) is 5.91 Å². The predicted molar refractivity (Wildman–Crippen MR) is 50.2 cm³/mol. The van der Waals surface area contributed by atoms with Gasteiger partial charge < -0.3 is 4.74 Å². The molecular formula is C10H9FN2O2. The van der Waals surface area contributed by atoms with Gasteiger partial charge in [-0.3, -0.25) is 10.1 Å². The molecular weight excluding hydrogens is 199 g/mol. The third-order valence-electron chi connectivity index (χ3n) is 1.69. The zero-order valence-corrected chi connectivity index (χ0v) is 8.03. The number of carbonyl (C=O) groups excluding carboxylic acids is 1. The predicted octanol–water partition coefficient (Wildman–Crippen LogP) is 1.19. The summed E-state index contributed by atoms with van der Waals surface area (Å²) in [5.74, 6) is -1.17. The Morgan fingerprint density at radius 1 is 1.60 bits per heavy atom. The highest BCUT2D eigenvalue weighted by atomic mass is 19.1. The van der Waals surface area contributed by atoms with Crippen molar-refractivity contribution < 1.29 is 13.9 Å². The van der Waals surface area contributed by atoms with Gasteiger partial charge in [0.15, 0.2) is 23.9 Å². The summed E-state index contributed by atoms with van der Waals surface area (Å²) in [7, 11) is 0. The molecule has 4 nitrogen and oxygen atoms in total. The van der Waals surface area contributed by atoms with E-state index in [0.29, 0.717) is 0 Å². The average molecular weight is 208 g/mol. The molecule has 0 spiro atoms. The van der Waals surface area contributed by atoms with E-state index < -0.39 is 17.8 Å². The first-order chi connectivity index (χ1) is 7.15. The molecule has 0 fully saturated rings. The van der Waals surface area contributed by atoms with Gasteiger partial charge in [-0.05, 0) is 19.1 Å². The first-order valence-corrected chi connectivity index (χ1v) is 4.25. The first-order valence-electron chi connectivity index (χ1n) is 4.25. The summed E-state index contributed by atoms with van der Waals surface area (Å²) in [6.07, 6.45) is 0.560. The second-order valence-electron chi connectivity index (χ2n) is 2.79. The maximum atomic E-state index is 13.1. The summed E-state index contributed by atoms with van der Waals surface area (Å²) >= 11 is 0. The number of carbonyl (C=O) groups is 1. The van der Waals surface area contributed by atoms with Gasteiger partial charge in [-0.1, -0.05) is 12.1 Å². The number of ether oxygens (including phenoxy) is 1. The number of para-hydroxylation sites is 1. The molecule has 0 bridgehead atoms. The average Bonchev–Trinajstić information content (AvgIpc) is 2.21. The Morgan fingerprint density at radius 3 is 2.87 bits per heavy atom. The second kappa shape index (κ2) is 4.96. The van der Waals surface area contributed by atoms with Crippen molar-refractivity contribution in [3.63, 3.8) is 0 Å². The third kappa shape index (κ3) is 2.95. The van der Waals surface area contributed by atoms with Crippen LogP contribution in [0.2, 0.25) is 0 Å². The van der Waals surface area contributed by atoms with Crippen LogP contribution >= 0.6 is 0 Å². The molecule has 0 aliphatic rings. The van der Waals surface area contributed by atoms with Gasteiger partial charge in [-0.2, -0.15) is 5.26 Å². The molecule has 0 aromatic heterocycles. The van der Waals surface area contributed by atoms with Crippen molar-refractivity contribution in [2.75, 3.05) is 0 Å². The van der Waals surface area contributed by atoms with Crippen LogP contribution in [-0.4, -0.2) is 12.0 Å². The largest absolute Gasteiger partial charge is 0.478 e. The van der Waals surface area contributed by atoms with E-state index in [2.05, 4.69) is 0 Å². The Bertz CT molecular complexity index is 401. The Labute approximate surface area is 86.3 Å². The number of hydrogen-bond acceptors (Lipinski definition) is 3. The number of amides is 1. The van der Waals surface area contributed by atoms with Crippen LogP contribution in [0.15, 0.2) is 24.3 Å². The molecule has 1 N–H and O–H groups in total. The van der Waals surface area contributed by atoms with Gasteiger partial charge in [0.2, 0.25) is 0 Å². The lowest BCUT2D eigenvalue weighted by Gasteiger charge is -2.12. The Hall–Kier alpha value is -2.09. The fourth-order valence-electron chi connectivity index (χ4n) is 0.941. The molecule has 1 aromatic carbocycles. The second-order valence-corrected chi connectivity index (χ2v) is 2.79. The van der Waals surface area contributed by atoms with Crippen LogP contribution in [-0.2, 0) is 4.79 Å². The van der Waals surface area contributed by atoms with Crippen LogP contribution in [0.4, 0.5) is 4.39 Å². The highest BCUT2D eigenvalue weighted by molar-refractivity contribution is 5.81. The van der Waals surface area contributed by atoms with E-state index in [0.717, 1.165) is 0 Å².